The highest BCUT2D eigenvalue weighted by Gasteiger charge is 2.37. The van der Waals surface area contributed by atoms with E-state index in [1.807, 2.05) is 55.5 Å². The Kier molecular flexibility index (Phi) is 5.54. The quantitative estimate of drug-likeness (QED) is 0.706. The summed E-state index contributed by atoms with van der Waals surface area (Å²) in [5.41, 5.74) is 1.63. The van der Waals surface area contributed by atoms with Gasteiger partial charge in [-0.15, -0.1) is 0 Å². The van der Waals surface area contributed by atoms with Gasteiger partial charge >= 0.3 is 6.09 Å². The van der Waals surface area contributed by atoms with Crippen molar-refractivity contribution in [1.82, 2.24) is 0 Å². The third-order valence-corrected chi connectivity index (χ3v) is 4.89. The molecule has 1 aliphatic carbocycles. The highest BCUT2D eigenvalue weighted by molar-refractivity contribution is 5.84. The Hall–Kier alpha value is -2.55. The van der Waals surface area contributed by atoms with Crippen LogP contribution in [0, 0.1) is 0 Å². The molecule has 3 nitrogen and oxygen atoms in total. The van der Waals surface area contributed by atoms with Gasteiger partial charge in [-0.2, -0.15) is 0 Å². The minimum Gasteiger partial charge on any atom is -0.438 e. The number of amides is 1. The predicted octanol–water partition coefficient (Wildman–Crippen LogP) is 5.91. The number of hydrogen-bond acceptors (Lipinski definition) is 2. The summed E-state index contributed by atoms with van der Waals surface area (Å²) in [7, 11) is 0. The van der Waals surface area contributed by atoms with Crippen LogP contribution in [0.5, 0.6) is 0 Å². The summed E-state index contributed by atoms with van der Waals surface area (Å²) in [6, 6.07) is 20.0. The highest BCUT2D eigenvalue weighted by atomic mass is 16.6. The van der Waals surface area contributed by atoms with Gasteiger partial charge in [0.1, 0.15) is 5.60 Å². The number of para-hydroxylation sites is 1. The number of benzene rings is 2. The van der Waals surface area contributed by atoms with Crippen LogP contribution in [0.15, 0.2) is 72.8 Å². The lowest BCUT2D eigenvalue weighted by Gasteiger charge is -2.37. The van der Waals surface area contributed by atoms with E-state index < -0.39 is 5.60 Å². The molecule has 0 aliphatic heterocycles. The van der Waals surface area contributed by atoms with Gasteiger partial charge in [-0.1, -0.05) is 54.6 Å². The second-order valence-corrected chi connectivity index (χ2v) is 6.63. The SMILES string of the molecule is C/C=C\C1(OC(=O)Nc2ccccc2)CCC(c2ccccc2)CC1. The van der Waals surface area contributed by atoms with E-state index in [0.29, 0.717) is 5.92 Å². The molecule has 25 heavy (non-hydrogen) atoms. The molecule has 1 aliphatic rings. The maximum absolute atomic E-state index is 12.3. The minimum atomic E-state index is -0.501. The fraction of sp³-hybridized carbons (Fsp3) is 0.318. The van der Waals surface area contributed by atoms with E-state index in [-0.39, 0.29) is 6.09 Å². The highest BCUT2D eigenvalue weighted by Crippen LogP contribution is 2.41. The number of nitrogens with one attached hydrogen (secondary N) is 1. The fourth-order valence-corrected chi connectivity index (χ4v) is 3.62. The Morgan fingerprint density at radius 3 is 2.24 bits per heavy atom. The number of hydrogen-bond donors (Lipinski definition) is 1. The monoisotopic (exact) mass is 335 g/mol. The number of rotatable bonds is 4. The first-order valence-corrected chi connectivity index (χ1v) is 8.95. The van der Waals surface area contributed by atoms with Crippen molar-refractivity contribution in [3.05, 3.63) is 78.4 Å². The zero-order chi connectivity index (χ0) is 17.5. The van der Waals surface area contributed by atoms with E-state index in [2.05, 4.69) is 29.6 Å². The molecule has 0 saturated heterocycles. The van der Waals surface area contributed by atoms with Crippen molar-refractivity contribution in [2.75, 3.05) is 5.32 Å². The summed E-state index contributed by atoms with van der Waals surface area (Å²) in [5, 5.41) is 2.82. The van der Waals surface area contributed by atoms with E-state index >= 15 is 0 Å². The van der Waals surface area contributed by atoms with E-state index in [0.717, 1.165) is 31.4 Å². The van der Waals surface area contributed by atoms with Crippen LogP contribution in [0.2, 0.25) is 0 Å². The van der Waals surface area contributed by atoms with Crippen LogP contribution in [-0.4, -0.2) is 11.7 Å². The molecular weight excluding hydrogens is 310 g/mol. The molecule has 0 heterocycles. The summed E-state index contributed by atoms with van der Waals surface area (Å²) in [6.07, 6.45) is 7.37. The molecule has 0 aromatic heterocycles. The summed E-state index contributed by atoms with van der Waals surface area (Å²) in [4.78, 5) is 12.3. The zero-order valence-electron chi connectivity index (χ0n) is 14.7. The Morgan fingerprint density at radius 2 is 1.64 bits per heavy atom. The van der Waals surface area contributed by atoms with Gasteiger partial charge in [0, 0.05) is 5.69 Å². The van der Waals surface area contributed by atoms with Gasteiger partial charge in [0.25, 0.3) is 0 Å². The number of ether oxygens (including phenoxy) is 1. The average Bonchev–Trinajstić information content (AvgIpc) is 2.64. The first-order chi connectivity index (χ1) is 12.2. The maximum Gasteiger partial charge on any atom is 0.412 e. The van der Waals surface area contributed by atoms with Gasteiger partial charge in [-0.3, -0.25) is 5.32 Å². The van der Waals surface area contributed by atoms with Gasteiger partial charge in [0.05, 0.1) is 0 Å². The van der Waals surface area contributed by atoms with E-state index in [4.69, 9.17) is 4.74 Å². The third-order valence-electron chi connectivity index (χ3n) is 4.89. The first kappa shape index (κ1) is 17.3. The van der Waals surface area contributed by atoms with Crippen LogP contribution in [0.1, 0.15) is 44.1 Å². The van der Waals surface area contributed by atoms with Crippen LogP contribution in [-0.2, 0) is 4.74 Å². The molecular formula is C22H25NO2. The first-order valence-electron chi connectivity index (χ1n) is 8.95. The summed E-state index contributed by atoms with van der Waals surface area (Å²) < 4.78 is 5.87. The Balaban J connectivity index is 1.64. The molecule has 3 rings (SSSR count). The van der Waals surface area contributed by atoms with Crippen LogP contribution in [0.4, 0.5) is 10.5 Å². The number of allylic oxidation sites excluding steroid dienone is 1. The summed E-state index contributed by atoms with van der Waals surface area (Å²) in [6.45, 7) is 1.98. The maximum atomic E-state index is 12.3. The van der Waals surface area contributed by atoms with Crippen molar-refractivity contribution in [1.29, 1.82) is 0 Å². The van der Waals surface area contributed by atoms with Crippen molar-refractivity contribution < 1.29 is 9.53 Å². The molecule has 1 saturated carbocycles. The Labute approximate surface area is 149 Å². The number of anilines is 1. The van der Waals surface area contributed by atoms with Gasteiger partial charge in [0.2, 0.25) is 0 Å². The molecule has 1 fully saturated rings. The number of carbonyl (C=O) groups is 1. The van der Waals surface area contributed by atoms with Crippen LogP contribution in [0.25, 0.3) is 0 Å². The molecule has 0 bridgehead atoms. The normalized spacial score (nSPS) is 23.3. The third kappa shape index (κ3) is 4.50. The lowest BCUT2D eigenvalue weighted by molar-refractivity contribution is 0.0244. The molecule has 130 valence electrons. The van der Waals surface area contributed by atoms with E-state index in [1.54, 1.807) is 0 Å². The minimum absolute atomic E-state index is 0.387. The van der Waals surface area contributed by atoms with Crippen LogP contribution in [0.3, 0.4) is 0 Å². The van der Waals surface area contributed by atoms with Crippen molar-refractivity contribution in [2.24, 2.45) is 0 Å². The summed E-state index contributed by atoms with van der Waals surface area (Å²) in [5.74, 6) is 0.542. The lowest BCUT2D eigenvalue weighted by Crippen LogP contribution is -2.38. The molecule has 0 spiro atoms. The number of carbonyl (C=O) groups excluding carboxylic acids is 1. The molecule has 3 heteroatoms. The average molecular weight is 335 g/mol. The molecule has 0 radical (unpaired) electrons. The Bertz CT molecular complexity index is 701. The second kappa shape index (κ2) is 8.02. The molecule has 2 aromatic carbocycles. The second-order valence-electron chi connectivity index (χ2n) is 6.63. The molecule has 1 amide bonds. The molecule has 1 N–H and O–H groups in total. The molecule has 0 unspecified atom stereocenters. The zero-order valence-corrected chi connectivity index (χ0v) is 14.7. The van der Waals surface area contributed by atoms with Crippen LogP contribution < -0.4 is 5.32 Å². The van der Waals surface area contributed by atoms with Crippen molar-refractivity contribution in [2.45, 2.75) is 44.1 Å². The van der Waals surface area contributed by atoms with Gasteiger partial charge in [0.15, 0.2) is 0 Å². The summed E-state index contributed by atoms with van der Waals surface area (Å²) >= 11 is 0. The van der Waals surface area contributed by atoms with Crippen LogP contribution >= 0.6 is 0 Å². The predicted molar refractivity (Wildman–Crippen MR) is 102 cm³/mol. The van der Waals surface area contributed by atoms with Crippen molar-refractivity contribution in [3.8, 4) is 0 Å². The van der Waals surface area contributed by atoms with E-state index in [1.165, 1.54) is 5.56 Å². The molecule has 2 aromatic rings. The van der Waals surface area contributed by atoms with E-state index in [9.17, 15) is 4.79 Å². The largest absolute Gasteiger partial charge is 0.438 e. The Morgan fingerprint density at radius 1 is 1.04 bits per heavy atom. The smallest absolute Gasteiger partial charge is 0.412 e. The topological polar surface area (TPSA) is 38.3 Å². The fourth-order valence-electron chi connectivity index (χ4n) is 3.62. The van der Waals surface area contributed by atoms with Gasteiger partial charge in [-0.05, 0) is 62.3 Å². The van der Waals surface area contributed by atoms with Gasteiger partial charge < -0.3 is 4.74 Å². The van der Waals surface area contributed by atoms with Crippen molar-refractivity contribution >= 4 is 11.8 Å². The standard InChI is InChI=1S/C22H25NO2/c1-2-15-22(25-21(24)23-20-11-7-4-8-12-20)16-13-19(14-17-22)18-9-5-3-6-10-18/h2-12,15,19H,13-14,16-17H2,1H3,(H,23,24)/b15-2-. The lowest BCUT2D eigenvalue weighted by atomic mass is 9.76. The van der Waals surface area contributed by atoms with Crippen molar-refractivity contribution in [3.63, 3.8) is 0 Å². The van der Waals surface area contributed by atoms with Gasteiger partial charge in [-0.25, -0.2) is 4.79 Å². The molecule has 0 atom stereocenters.